The van der Waals surface area contributed by atoms with E-state index < -0.39 is 6.10 Å². The van der Waals surface area contributed by atoms with Gasteiger partial charge in [0, 0.05) is 16.7 Å². The first-order chi connectivity index (χ1) is 15.2. The smallest absolute Gasteiger partial charge is 0.204 e. The summed E-state index contributed by atoms with van der Waals surface area (Å²) in [6.45, 7) is 0. The molecule has 4 heteroatoms. The third kappa shape index (κ3) is 3.26. The van der Waals surface area contributed by atoms with Crippen LogP contribution in [0.25, 0.3) is 10.8 Å². The van der Waals surface area contributed by atoms with Crippen molar-refractivity contribution in [2.75, 3.05) is 7.11 Å². The molecule has 0 aromatic heterocycles. The van der Waals surface area contributed by atoms with Crippen LogP contribution in [0.5, 0.6) is 11.5 Å². The number of hydrogen-bond donors (Lipinski definition) is 0. The Morgan fingerprint density at radius 3 is 2.42 bits per heavy atom. The van der Waals surface area contributed by atoms with Gasteiger partial charge >= 0.3 is 0 Å². The number of ketones is 1. The maximum absolute atomic E-state index is 13.5. The van der Waals surface area contributed by atoms with E-state index in [1.807, 2.05) is 78.9 Å². The third-order valence-corrected chi connectivity index (χ3v) is 5.84. The fraction of sp³-hybridized carbons (Fsp3) is 0.111. The molecule has 31 heavy (non-hydrogen) atoms. The van der Waals surface area contributed by atoms with Gasteiger partial charge in [0.1, 0.15) is 17.8 Å². The molecule has 4 aromatic rings. The lowest BCUT2D eigenvalue weighted by Gasteiger charge is -2.19. The summed E-state index contributed by atoms with van der Waals surface area (Å²) >= 11 is 0. The van der Waals surface area contributed by atoms with Crippen molar-refractivity contribution in [1.82, 2.24) is 0 Å². The van der Waals surface area contributed by atoms with E-state index in [0.717, 1.165) is 33.9 Å². The van der Waals surface area contributed by atoms with Crippen LogP contribution in [0.3, 0.4) is 0 Å². The molecule has 1 heterocycles. The molecule has 1 aliphatic rings. The van der Waals surface area contributed by atoms with Gasteiger partial charge in [-0.1, -0.05) is 60.7 Å². The Balaban J connectivity index is 1.69. The lowest BCUT2D eigenvalue weighted by Crippen LogP contribution is -2.30. The molecule has 0 unspecified atom stereocenters. The van der Waals surface area contributed by atoms with E-state index in [1.165, 1.54) is 0 Å². The Kier molecular flexibility index (Phi) is 4.75. The number of aldehydes is 1. The second-order valence-corrected chi connectivity index (χ2v) is 7.60. The number of benzene rings is 4. The van der Waals surface area contributed by atoms with Gasteiger partial charge in [0.15, 0.2) is 6.10 Å². The average Bonchev–Trinajstić information content (AvgIpc) is 3.23. The molecule has 0 spiro atoms. The van der Waals surface area contributed by atoms with Crippen molar-refractivity contribution in [1.29, 1.82) is 0 Å². The molecule has 0 saturated carbocycles. The largest absolute Gasteiger partial charge is 0.497 e. The molecule has 0 fully saturated rings. The van der Waals surface area contributed by atoms with Gasteiger partial charge in [0.05, 0.1) is 13.0 Å². The van der Waals surface area contributed by atoms with Crippen LogP contribution in [0.2, 0.25) is 0 Å². The van der Waals surface area contributed by atoms with Crippen molar-refractivity contribution < 1.29 is 19.1 Å². The summed E-state index contributed by atoms with van der Waals surface area (Å²) in [5.74, 6) is 1.11. The van der Waals surface area contributed by atoms with Gasteiger partial charge in [-0.3, -0.25) is 9.59 Å². The normalized spacial score (nSPS) is 17.1. The standard InChI is InChI=1S/C27H20O4/c1-30-21-11-8-18(9-12-21)24-25-22-13-7-17(16-28)15-20(22)10-14-23(25)31-27(24)26(29)19-5-3-2-4-6-19/h2-16,24,27H,1H3/t24-,27+/m0/s1. The minimum atomic E-state index is -0.679. The van der Waals surface area contributed by atoms with Crippen molar-refractivity contribution in [3.8, 4) is 11.5 Å². The van der Waals surface area contributed by atoms with Crippen LogP contribution < -0.4 is 9.47 Å². The van der Waals surface area contributed by atoms with Gasteiger partial charge in [0.25, 0.3) is 0 Å². The summed E-state index contributed by atoms with van der Waals surface area (Å²) in [5.41, 5.74) is 3.17. The van der Waals surface area contributed by atoms with E-state index in [4.69, 9.17) is 9.47 Å². The SMILES string of the molecule is COc1ccc([C@H]2c3c(ccc4cc(C=O)ccc34)O[C@H]2C(=O)c2ccccc2)cc1. The van der Waals surface area contributed by atoms with E-state index >= 15 is 0 Å². The Labute approximate surface area is 180 Å². The zero-order valence-electron chi connectivity index (χ0n) is 16.9. The van der Waals surface area contributed by atoms with Crippen LogP contribution in [-0.2, 0) is 0 Å². The van der Waals surface area contributed by atoms with E-state index in [1.54, 1.807) is 13.2 Å². The number of carbonyl (C=O) groups is 2. The first-order valence-electron chi connectivity index (χ1n) is 10.1. The Hall–Kier alpha value is -3.92. The van der Waals surface area contributed by atoms with Crippen molar-refractivity contribution in [2.24, 2.45) is 0 Å². The van der Waals surface area contributed by atoms with Crippen molar-refractivity contribution in [2.45, 2.75) is 12.0 Å². The van der Waals surface area contributed by atoms with E-state index in [2.05, 4.69) is 0 Å². The second kappa shape index (κ2) is 7.73. The van der Waals surface area contributed by atoms with Crippen LogP contribution >= 0.6 is 0 Å². The third-order valence-electron chi connectivity index (χ3n) is 5.84. The van der Waals surface area contributed by atoms with Crippen LogP contribution in [0, 0.1) is 0 Å². The van der Waals surface area contributed by atoms with E-state index in [0.29, 0.717) is 16.9 Å². The lowest BCUT2D eigenvalue weighted by atomic mass is 9.83. The van der Waals surface area contributed by atoms with Crippen LogP contribution in [0.15, 0.2) is 84.9 Å². The zero-order chi connectivity index (χ0) is 21.4. The highest BCUT2D eigenvalue weighted by Crippen LogP contribution is 2.47. The monoisotopic (exact) mass is 408 g/mol. The van der Waals surface area contributed by atoms with Gasteiger partial charge in [-0.25, -0.2) is 0 Å². The molecule has 1 aliphatic heterocycles. The van der Waals surface area contributed by atoms with Crippen LogP contribution in [-0.4, -0.2) is 25.3 Å². The van der Waals surface area contributed by atoms with Gasteiger partial charge in [0.2, 0.25) is 5.78 Å². The molecule has 0 saturated heterocycles. The number of fused-ring (bicyclic) bond motifs is 3. The quantitative estimate of drug-likeness (QED) is 0.326. The zero-order valence-corrected chi connectivity index (χ0v) is 16.9. The fourth-order valence-electron chi connectivity index (χ4n) is 4.33. The number of Topliss-reactive ketones (excluding diaryl/α,β-unsaturated/α-hetero) is 1. The molecule has 0 N–H and O–H groups in total. The Morgan fingerprint density at radius 1 is 0.935 bits per heavy atom. The topological polar surface area (TPSA) is 52.6 Å². The first kappa shape index (κ1) is 19.1. The Bertz CT molecular complexity index is 1280. The molecule has 0 amide bonds. The van der Waals surface area contributed by atoms with Crippen molar-refractivity contribution >= 4 is 22.8 Å². The molecule has 5 rings (SSSR count). The fourth-order valence-corrected chi connectivity index (χ4v) is 4.33. The summed E-state index contributed by atoms with van der Waals surface area (Å²) < 4.78 is 11.6. The summed E-state index contributed by atoms with van der Waals surface area (Å²) in [6, 6.07) is 26.4. The summed E-state index contributed by atoms with van der Waals surface area (Å²) in [7, 11) is 1.63. The molecular formula is C27H20O4. The van der Waals surface area contributed by atoms with Gasteiger partial charge < -0.3 is 9.47 Å². The van der Waals surface area contributed by atoms with Crippen LogP contribution in [0.4, 0.5) is 0 Å². The van der Waals surface area contributed by atoms with Crippen molar-refractivity contribution in [3.63, 3.8) is 0 Å². The molecular weight excluding hydrogens is 388 g/mol. The summed E-state index contributed by atoms with van der Waals surface area (Å²) in [4.78, 5) is 24.7. The average molecular weight is 408 g/mol. The number of carbonyl (C=O) groups excluding carboxylic acids is 2. The predicted molar refractivity (Wildman–Crippen MR) is 119 cm³/mol. The van der Waals surface area contributed by atoms with Gasteiger partial charge in [-0.15, -0.1) is 0 Å². The summed E-state index contributed by atoms with van der Waals surface area (Å²) in [6.07, 6.45) is 0.161. The molecule has 0 aliphatic carbocycles. The molecule has 4 aromatic carbocycles. The van der Waals surface area contributed by atoms with Crippen molar-refractivity contribution in [3.05, 3.63) is 107 Å². The van der Waals surface area contributed by atoms with E-state index in [9.17, 15) is 9.59 Å². The lowest BCUT2D eigenvalue weighted by molar-refractivity contribution is 0.0806. The molecule has 152 valence electrons. The number of rotatable bonds is 5. The van der Waals surface area contributed by atoms with Gasteiger partial charge in [-0.2, -0.15) is 0 Å². The minimum absolute atomic E-state index is 0.0599. The highest BCUT2D eigenvalue weighted by Gasteiger charge is 2.41. The van der Waals surface area contributed by atoms with E-state index in [-0.39, 0.29) is 11.7 Å². The predicted octanol–water partition coefficient (Wildman–Crippen LogP) is 5.44. The molecule has 4 nitrogen and oxygen atoms in total. The number of methoxy groups -OCH3 is 1. The highest BCUT2D eigenvalue weighted by molar-refractivity contribution is 6.03. The van der Waals surface area contributed by atoms with Crippen LogP contribution in [0.1, 0.15) is 37.8 Å². The number of hydrogen-bond acceptors (Lipinski definition) is 4. The first-order valence-corrected chi connectivity index (χ1v) is 10.1. The Morgan fingerprint density at radius 2 is 1.71 bits per heavy atom. The van der Waals surface area contributed by atoms with Gasteiger partial charge in [-0.05, 0) is 40.6 Å². The summed E-state index contributed by atoms with van der Waals surface area (Å²) in [5, 5.41) is 1.92. The molecule has 0 bridgehead atoms. The maximum atomic E-state index is 13.5. The maximum Gasteiger partial charge on any atom is 0.204 e. The minimum Gasteiger partial charge on any atom is -0.497 e. The molecule has 0 radical (unpaired) electrons. The number of ether oxygens (including phenoxy) is 2. The second-order valence-electron chi connectivity index (χ2n) is 7.60. The molecule has 2 atom stereocenters. The highest BCUT2D eigenvalue weighted by atomic mass is 16.5.